The summed E-state index contributed by atoms with van der Waals surface area (Å²) in [7, 11) is 1.98. The Labute approximate surface area is 183 Å². The number of imidazole rings is 1. The van der Waals surface area contributed by atoms with Gasteiger partial charge in [0.2, 0.25) is 0 Å². The number of rotatable bonds is 7. The Morgan fingerprint density at radius 3 is 2.52 bits per heavy atom. The van der Waals surface area contributed by atoms with Crippen molar-refractivity contribution in [3.8, 4) is 11.3 Å². The largest absolute Gasteiger partial charge is 0.365 e. The molecule has 4 rings (SSSR count). The molecule has 162 valence electrons. The highest BCUT2D eigenvalue weighted by Gasteiger charge is 2.25. The molecule has 2 heterocycles. The summed E-state index contributed by atoms with van der Waals surface area (Å²) >= 11 is 0. The summed E-state index contributed by atoms with van der Waals surface area (Å²) in [6.07, 6.45) is 3.28. The first-order chi connectivity index (χ1) is 15.1. The molecule has 1 aromatic heterocycles. The van der Waals surface area contributed by atoms with E-state index in [-0.39, 0.29) is 5.82 Å². The van der Waals surface area contributed by atoms with Crippen LogP contribution in [-0.4, -0.2) is 34.6 Å². The van der Waals surface area contributed by atoms with E-state index in [1.54, 1.807) is 12.1 Å². The quantitative estimate of drug-likeness (QED) is 0.561. The van der Waals surface area contributed by atoms with E-state index in [0.29, 0.717) is 0 Å². The van der Waals surface area contributed by atoms with Gasteiger partial charge in [0, 0.05) is 36.6 Å². The Morgan fingerprint density at radius 2 is 1.84 bits per heavy atom. The Bertz CT molecular complexity index is 1050. The molecule has 0 bridgehead atoms. The lowest BCUT2D eigenvalue weighted by molar-refractivity contribution is 0.268. The van der Waals surface area contributed by atoms with Gasteiger partial charge in [-0.15, -0.1) is 0 Å². The molecule has 0 saturated heterocycles. The van der Waals surface area contributed by atoms with Crippen LogP contribution in [0.25, 0.3) is 11.3 Å². The highest BCUT2D eigenvalue weighted by Crippen LogP contribution is 2.34. The lowest BCUT2D eigenvalue weighted by Gasteiger charge is -2.32. The van der Waals surface area contributed by atoms with Crippen molar-refractivity contribution in [2.24, 2.45) is 0 Å². The fourth-order valence-corrected chi connectivity index (χ4v) is 4.02. The van der Waals surface area contributed by atoms with Gasteiger partial charge in [-0.2, -0.15) is 0 Å². The molecule has 0 spiro atoms. The zero-order valence-electron chi connectivity index (χ0n) is 18.5. The Morgan fingerprint density at radius 1 is 1.10 bits per heavy atom. The number of halogens is 1. The van der Waals surface area contributed by atoms with E-state index in [1.807, 2.05) is 7.05 Å². The van der Waals surface area contributed by atoms with Gasteiger partial charge in [-0.1, -0.05) is 30.7 Å². The van der Waals surface area contributed by atoms with Crippen LogP contribution < -0.4 is 10.6 Å². The summed E-state index contributed by atoms with van der Waals surface area (Å²) in [5.74, 6) is 1.73. The number of hydrogen-bond donors (Lipinski definition) is 2. The van der Waals surface area contributed by atoms with Crippen LogP contribution in [0.15, 0.2) is 60.3 Å². The van der Waals surface area contributed by atoms with E-state index in [0.717, 1.165) is 61.2 Å². The first-order valence-corrected chi connectivity index (χ1v) is 10.9. The van der Waals surface area contributed by atoms with Crippen molar-refractivity contribution < 1.29 is 4.39 Å². The topological polar surface area (TPSA) is 45.1 Å². The van der Waals surface area contributed by atoms with Crippen molar-refractivity contribution >= 4 is 11.5 Å². The molecule has 3 aromatic rings. The molecule has 31 heavy (non-hydrogen) atoms. The van der Waals surface area contributed by atoms with E-state index in [1.165, 1.54) is 23.4 Å². The number of nitrogens with one attached hydrogen (secondary N) is 2. The number of benzene rings is 2. The van der Waals surface area contributed by atoms with Gasteiger partial charge in [0.05, 0.1) is 6.54 Å². The summed E-state index contributed by atoms with van der Waals surface area (Å²) in [4.78, 5) is 7.40. The Kier molecular flexibility index (Phi) is 6.37. The minimum atomic E-state index is -0.242. The summed E-state index contributed by atoms with van der Waals surface area (Å²) < 4.78 is 15.8. The molecule has 6 heteroatoms. The summed E-state index contributed by atoms with van der Waals surface area (Å²) in [5, 5.41) is 6.85. The van der Waals surface area contributed by atoms with Crippen LogP contribution in [0.1, 0.15) is 24.7 Å². The second kappa shape index (κ2) is 9.35. The number of aryl methyl sites for hydroxylation is 1. The third-order valence-corrected chi connectivity index (χ3v) is 5.61. The van der Waals surface area contributed by atoms with Gasteiger partial charge in [0.1, 0.15) is 23.2 Å². The second-order valence-electron chi connectivity index (χ2n) is 7.93. The first-order valence-electron chi connectivity index (χ1n) is 10.9. The Balaban J connectivity index is 1.72. The molecule has 0 amide bonds. The molecule has 2 N–H and O–H groups in total. The van der Waals surface area contributed by atoms with Gasteiger partial charge in [0.25, 0.3) is 0 Å². The smallest absolute Gasteiger partial charge is 0.138 e. The zero-order valence-corrected chi connectivity index (χ0v) is 18.5. The van der Waals surface area contributed by atoms with E-state index < -0.39 is 0 Å². The number of allylic oxidation sites excluding steroid dienone is 1. The van der Waals surface area contributed by atoms with Crippen molar-refractivity contribution in [1.29, 1.82) is 0 Å². The highest BCUT2D eigenvalue weighted by atomic mass is 19.1. The van der Waals surface area contributed by atoms with Crippen molar-refractivity contribution in [3.05, 3.63) is 77.5 Å². The molecule has 0 aliphatic carbocycles. The van der Waals surface area contributed by atoms with Gasteiger partial charge >= 0.3 is 0 Å². The third-order valence-electron chi connectivity index (χ3n) is 5.61. The fourth-order valence-electron chi connectivity index (χ4n) is 4.02. The molecular weight excluding hydrogens is 389 g/mol. The average molecular weight is 420 g/mol. The highest BCUT2D eigenvalue weighted by molar-refractivity contribution is 5.76. The number of likely N-dealkylation sites (N-methyl/N-ethyl adjacent to an activating group) is 1. The molecule has 0 saturated carbocycles. The maximum Gasteiger partial charge on any atom is 0.138 e. The van der Waals surface area contributed by atoms with Crippen molar-refractivity contribution in [3.63, 3.8) is 0 Å². The zero-order chi connectivity index (χ0) is 21.8. The number of nitrogens with zero attached hydrogens (tertiary/aromatic N) is 3. The first kappa shape index (κ1) is 21.1. The lowest BCUT2D eigenvalue weighted by atomic mass is 10.1. The standard InChI is InChI=1S/C25H30FN5/c1-4-5-22(16-27-3)30-14-15-31-23(17-30)29-24(19-8-10-20(26)11-9-19)25(31)28-21-12-6-18(2)7-13-21/h5-13,27-28H,4,14-17H2,1-3H3/b22-5+. The molecule has 0 atom stereocenters. The second-order valence-corrected chi connectivity index (χ2v) is 7.93. The molecule has 2 aromatic carbocycles. The normalized spacial score (nSPS) is 13.9. The van der Waals surface area contributed by atoms with Gasteiger partial charge in [-0.3, -0.25) is 0 Å². The molecule has 0 unspecified atom stereocenters. The van der Waals surface area contributed by atoms with Crippen molar-refractivity contribution in [1.82, 2.24) is 19.8 Å². The van der Waals surface area contributed by atoms with E-state index in [9.17, 15) is 4.39 Å². The summed E-state index contributed by atoms with van der Waals surface area (Å²) in [6.45, 7) is 7.59. The Hall–Kier alpha value is -3.12. The molecule has 1 aliphatic rings. The molecular formula is C25H30FN5. The fraction of sp³-hybridized carbons (Fsp3) is 0.320. The lowest BCUT2D eigenvalue weighted by Crippen LogP contribution is -2.36. The summed E-state index contributed by atoms with van der Waals surface area (Å²) in [6, 6.07) is 14.9. The SMILES string of the molecule is CC/C=C(\CNC)N1CCn2c(nc(-c3ccc(F)cc3)c2Nc2ccc(C)cc2)C1. The minimum Gasteiger partial charge on any atom is -0.365 e. The van der Waals surface area contributed by atoms with Crippen LogP contribution in [0.5, 0.6) is 0 Å². The van der Waals surface area contributed by atoms with Crippen LogP contribution in [0.4, 0.5) is 15.9 Å². The number of aromatic nitrogens is 2. The van der Waals surface area contributed by atoms with E-state index >= 15 is 0 Å². The summed E-state index contributed by atoms with van der Waals surface area (Å²) in [5.41, 5.74) is 5.29. The molecule has 5 nitrogen and oxygen atoms in total. The van der Waals surface area contributed by atoms with Crippen LogP contribution in [0.2, 0.25) is 0 Å². The van der Waals surface area contributed by atoms with Crippen molar-refractivity contribution in [2.75, 3.05) is 25.5 Å². The monoisotopic (exact) mass is 419 g/mol. The van der Waals surface area contributed by atoms with Crippen LogP contribution in [0.3, 0.4) is 0 Å². The van der Waals surface area contributed by atoms with Gasteiger partial charge < -0.3 is 20.1 Å². The molecule has 1 aliphatic heterocycles. The van der Waals surface area contributed by atoms with Gasteiger partial charge in [0.15, 0.2) is 0 Å². The maximum absolute atomic E-state index is 13.5. The van der Waals surface area contributed by atoms with Gasteiger partial charge in [-0.05, 0) is 56.8 Å². The van der Waals surface area contributed by atoms with Crippen molar-refractivity contribution in [2.45, 2.75) is 33.4 Å². The minimum absolute atomic E-state index is 0.242. The maximum atomic E-state index is 13.5. The van der Waals surface area contributed by atoms with E-state index in [4.69, 9.17) is 4.98 Å². The van der Waals surface area contributed by atoms with Crippen LogP contribution in [-0.2, 0) is 13.1 Å². The average Bonchev–Trinajstić information content (AvgIpc) is 3.13. The van der Waals surface area contributed by atoms with Crippen LogP contribution in [0, 0.1) is 12.7 Å². The molecule has 0 radical (unpaired) electrons. The molecule has 0 fully saturated rings. The number of anilines is 2. The van der Waals surface area contributed by atoms with E-state index in [2.05, 4.69) is 64.3 Å². The van der Waals surface area contributed by atoms with Crippen LogP contribution >= 0.6 is 0 Å². The predicted molar refractivity (Wildman–Crippen MR) is 125 cm³/mol. The third kappa shape index (κ3) is 4.64. The predicted octanol–water partition coefficient (Wildman–Crippen LogP) is 5.07. The number of fused-ring (bicyclic) bond motifs is 1. The number of hydrogen-bond acceptors (Lipinski definition) is 4. The van der Waals surface area contributed by atoms with Gasteiger partial charge in [-0.25, -0.2) is 9.37 Å².